The van der Waals surface area contributed by atoms with Crippen molar-refractivity contribution in [1.29, 1.82) is 0 Å². The highest BCUT2D eigenvalue weighted by molar-refractivity contribution is 6.35. The number of rotatable bonds is 2. The molecule has 0 aliphatic carbocycles. The topological polar surface area (TPSA) is 66.8 Å². The highest BCUT2D eigenvalue weighted by Crippen LogP contribution is 2.38. The number of carboxylic acid groups (broad SMARTS) is 1. The largest absolute Gasteiger partial charge is 0.481 e. The number of benzene rings is 1. The summed E-state index contributed by atoms with van der Waals surface area (Å²) in [4.78, 5) is 25.2. The summed E-state index contributed by atoms with van der Waals surface area (Å²) in [6.07, 6.45) is -0.517. The molecule has 2 atom stereocenters. The third-order valence-corrected chi connectivity index (χ3v) is 4.21. The Morgan fingerprint density at radius 1 is 1.26 bits per heavy atom. The van der Waals surface area contributed by atoms with E-state index in [-0.39, 0.29) is 13.1 Å². The molecule has 7 heteroatoms. The molecule has 1 aliphatic heterocycles. The Bertz CT molecular complexity index is 627. The molecule has 1 aliphatic rings. The lowest BCUT2D eigenvalue weighted by atomic mass is 9.89. The number of hydrogen-bond acceptors (Lipinski definition) is 3. The first-order valence-corrected chi connectivity index (χ1v) is 8.00. The number of likely N-dealkylation sites (tertiary alicyclic amines) is 1. The van der Waals surface area contributed by atoms with Crippen molar-refractivity contribution in [2.24, 2.45) is 5.92 Å². The highest BCUT2D eigenvalue weighted by atomic mass is 35.5. The zero-order valence-corrected chi connectivity index (χ0v) is 14.7. The summed E-state index contributed by atoms with van der Waals surface area (Å²) in [5.41, 5.74) is 0.0424. The predicted octanol–water partition coefficient (Wildman–Crippen LogP) is 4.03. The zero-order valence-electron chi connectivity index (χ0n) is 13.2. The molecule has 0 radical (unpaired) electrons. The third kappa shape index (κ3) is 4.30. The van der Waals surface area contributed by atoms with E-state index in [9.17, 15) is 14.7 Å². The Balaban J connectivity index is 2.25. The molecular formula is C16H19Cl2NO4. The number of halogens is 2. The van der Waals surface area contributed by atoms with Gasteiger partial charge >= 0.3 is 12.1 Å². The molecule has 0 aromatic heterocycles. The van der Waals surface area contributed by atoms with E-state index in [0.717, 1.165) is 0 Å². The van der Waals surface area contributed by atoms with Gasteiger partial charge in [0, 0.05) is 29.1 Å². The van der Waals surface area contributed by atoms with E-state index in [1.165, 1.54) is 4.90 Å². The Kier molecular flexibility index (Phi) is 5.11. The smallest absolute Gasteiger partial charge is 0.410 e. The van der Waals surface area contributed by atoms with Gasteiger partial charge in [-0.1, -0.05) is 29.3 Å². The van der Waals surface area contributed by atoms with Gasteiger partial charge in [0.15, 0.2) is 0 Å². The molecule has 2 rings (SSSR count). The second kappa shape index (κ2) is 6.57. The fourth-order valence-electron chi connectivity index (χ4n) is 2.65. The monoisotopic (exact) mass is 359 g/mol. The van der Waals surface area contributed by atoms with Crippen molar-refractivity contribution < 1.29 is 19.4 Å². The van der Waals surface area contributed by atoms with Gasteiger partial charge in [0.25, 0.3) is 0 Å². The van der Waals surface area contributed by atoms with Crippen LogP contribution in [0.15, 0.2) is 18.2 Å². The lowest BCUT2D eigenvalue weighted by Crippen LogP contribution is -2.35. The average molecular weight is 360 g/mol. The van der Waals surface area contributed by atoms with Gasteiger partial charge in [-0.15, -0.1) is 0 Å². The predicted molar refractivity (Wildman–Crippen MR) is 88.1 cm³/mol. The molecule has 5 nitrogen and oxygen atoms in total. The van der Waals surface area contributed by atoms with E-state index in [0.29, 0.717) is 15.6 Å². The molecule has 126 valence electrons. The third-order valence-electron chi connectivity index (χ3n) is 3.65. The van der Waals surface area contributed by atoms with Crippen molar-refractivity contribution in [3.05, 3.63) is 33.8 Å². The lowest BCUT2D eigenvalue weighted by Gasteiger charge is -2.24. The van der Waals surface area contributed by atoms with Crippen molar-refractivity contribution in [1.82, 2.24) is 4.90 Å². The van der Waals surface area contributed by atoms with Gasteiger partial charge in [-0.05, 0) is 38.5 Å². The standard InChI is InChI=1S/C16H19Cl2NO4/c1-16(2,3)23-15(22)19-7-11(12(8-19)14(20)21)10-5-4-9(17)6-13(10)18/h4-6,11-12H,7-8H2,1-3H3,(H,20,21). The molecule has 1 heterocycles. The Hall–Kier alpha value is -1.46. The van der Waals surface area contributed by atoms with Crippen molar-refractivity contribution >= 4 is 35.3 Å². The summed E-state index contributed by atoms with van der Waals surface area (Å²) in [7, 11) is 0. The molecule has 1 aromatic carbocycles. The molecule has 1 N–H and O–H groups in total. The lowest BCUT2D eigenvalue weighted by molar-refractivity contribution is -0.141. The summed E-state index contributed by atoms with van der Waals surface area (Å²) in [5, 5.41) is 10.4. The SMILES string of the molecule is CC(C)(C)OC(=O)N1CC(C(=O)O)C(c2ccc(Cl)cc2Cl)C1. The van der Waals surface area contributed by atoms with Crippen molar-refractivity contribution in [3.63, 3.8) is 0 Å². The number of nitrogens with zero attached hydrogens (tertiary/aromatic N) is 1. The molecule has 1 aromatic rings. The molecule has 1 saturated heterocycles. The van der Waals surface area contributed by atoms with Gasteiger partial charge < -0.3 is 14.7 Å². The van der Waals surface area contributed by atoms with Crippen LogP contribution in [-0.2, 0) is 9.53 Å². The van der Waals surface area contributed by atoms with E-state index < -0.39 is 29.5 Å². The van der Waals surface area contributed by atoms with Crippen LogP contribution in [0.5, 0.6) is 0 Å². The maximum Gasteiger partial charge on any atom is 0.410 e. The van der Waals surface area contributed by atoms with Crippen LogP contribution < -0.4 is 0 Å². The van der Waals surface area contributed by atoms with E-state index in [1.54, 1.807) is 39.0 Å². The van der Waals surface area contributed by atoms with Crippen LogP contribution in [0.2, 0.25) is 10.0 Å². The first-order chi connectivity index (χ1) is 10.6. The van der Waals surface area contributed by atoms with Crippen molar-refractivity contribution in [2.75, 3.05) is 13.1 Å². The first-order valence-electron chi connectivity index (χ1n) is 7.24. The van der Waals surface area contributed by atoms with Crippen LogP contribution >= 0.6 is 23.2 Å². The summed E-state index contributed by atoms with van der Waals surface area (Å²) in [5.74, 6) is -2.10. The van der Waals surface area contributed by atoms with E-state index in [2.05, 4.69) is 0 Å². The first kappa shape index (κ1) is 17.9. The number of carbonyl (C=O) groups excluding carboxylic acids is 1. The number of aliphatic carboxylic acids is 1. The molecular weight excluding hydrogens is 341 g/mol. The second-order valence-electron chi connectivity index (χ2n) is 6.60. The minimum Gasteiger partial charge on any atom is -0.481 e. The normalized spacial score (nSPS) is 21.3. The fourth-order valence-corrected chi connectivity index (χ4v) is 3.20. The summed E-state index contributed by atoms with van der Waals surface area (Å²) in [6, 6.07) is 4.95. The molecule has 1 fully saturated rings. The van der Waals surface area contributed by atoms with Gasteiger partial charge in [0.05, 0.1) is 5.92 Å². The number of carboxylic acids is 1. The quantitative estimate of drug-likeness (QED) is 0.865. The van der Waals surface area contributed by atoms with Crippen LogP contribution in [0.3, 0.4) is 0 Å². The fraction of sp³-hybridized carbons (Fsp3) is 0.500. The van der Waals surface area contributed by atoms with Crippen LogP contribution in [0, 0.1) is 5.92 Å². The Labute approximate surface area is 145 Å². The van der Waals surface area contributed by atoms with Crippen LogP contribution in [-0.4, -0.2) is 40.8 Å². The van der Waals surface area contributed by atoms with Gasteiger partial charge in [0.1, 0.15) is 5.60 Å². The van der Waals surface area contributed by atoms with E-state index in [4.69, 9.17) is 27.9 Å². The average Bonchev–Trinajstić information content (AvgIpc) is 2.81. The summed E-state index contributed by atoms with van der Waals surface area (Å²) >= 11 is 12.1. The maximum atomic E-state index is 12.2. The molecule has 0 spiro atoms. The number of amides is 1. The van der Waals surface area contributed by atoms with Gasteiger partial charge in [-0.25, -0.2) is 4.79 Å². The van der Waals surface area contributed by atoms with Gasteiger partial charge in [-0.2, -0.15) is 0 Å². The number of ether oxygens (including phenoxy) is 1. The number of carbonyl (C=O) groups is 2. The van der Waals surface area contributed by atoms with Crippen LogP contribution in [0.25, 0.3) is 0 Å². The Morgan fingerprint density at radius 2 is 1.91 bits per heavy atom. The summed E-state index contributed by atoms with van der Waals surface area (Å²) in [6.45, 7) is 5.64. The van der Waals surface area contributed by atoms with E-state index >= 15 is 0 Å². The van der Waals surface area contributed by atoms with Crippen molar-refractivity contribution in [3.8, 4) is 0 Å². The van der Waals surface area contributed by atoms with Crippen molar-refractivity contribution in [2.45, 2.75) is 32.3 Å². The van der Waals surface area contributed by atoms with Crippen LogP contribution in [0.4, 0.5) is 4.79 Å². The van der Waals surface area contributed by atoms with E-state index in [1.807, 2.05) is 0 Å². The molecule has 0 saturated carbocycles. The second-order valence-corrected chi connectivity index (χ2v) is 7.45. The minimum absolute atomic E-state index is 0.0911. The van der Waals surface area contributed by atoms with Crippen LogP contribution in [0.1, 0.15) is 32.3 Å². The van der Waals surface area contributed by atoms with Gasteiger partial charge in [-0.3, -0.25) is 4.79 Å². The highest BCUT2D eigenvalue weighted by Gasteiger charge is 2.42. The molecule has 2 unspecified atom stereocenters. The summed E-state index contributed by atoms with van der Waals surface area (Å²) < 4.78 is 5.32. The maximum absolute atomic E-state index is 12.2. The number of hydrogen-bond donors (Lipinski definition) is 1. The molecule has 1 amide bonds. The zero-order chi connectivity index (χ0) is 17.4. The Morgan fingerprint density at radius 3 is 2.43 bits per heavy atom. The minimum atomic E-state index is -0.966. The van der Waals surface area contributed by atoms with Gasteiger partial charge in [0.2, 0.25) is 0 Å². The molecule has 23 heavy (non-hydrogen) atoms. The molecule has 0 bridgehead atoms.